The first-order chi connectivity index (χ1) is 9.63. The quantitative estimate of drug-likeness (QED) is 0.445. The lowest BCUT2D eigenvalue weighted by Gasteiger charge is -2.34. The molecule has 2 nitrogen and oxygen atoms in total. The predicted molar refractivity (Wildman–Crippen MR) is 95.5 cm³/mol. The van der Waals surface area contributed by atoms with Gasteiger partial charge in [-0.25, -0.2) is 0 Å². The van der Waals surface area contributed by atoms with E-state index < -0.39 is 0 Å². The molecule has 1 amide bonds. The Balaban J connectivity index is 2.23. The normalized spacial score (nSPS) is 16.1. The van der Waals surface area contributed by atoms with Crippen LogP contribution in [0.3, 0.4) is 0 Å². The third kappa shape index (κ3) is 4.10. The Kier molecular flexibility index (Phi) is 6.62. The molecule has 0 radical (unpaired) electrons. The zero-order valence-electron chi connectivity index (χ0n) is 11.2. The molecule has 0 N–H and O–H groups in total. The van der Waals surface area contributed by atoms with Crippen LogP contribution in [0.25, 0.3) is 0 Å². The lowest BCUT2D eigenvalue weighted by molar-refractivity contribution is 0.0648. The van der Waals surface area contributed by atoms with Gasteiger partial charge in [0.05, 0.1) is 5.56 Å². The summed E-state index contributed by atoms with van der Waals surface area (Å²) in [6.07, 6.45) is 5.92. The van der Waals surface area contributed by atoms with Crippen molar-refractivity contribution in [2.45, 2.75) is 38.1 Å². The van der Waals surface area contributed by atoms with E-state index in [4.69, 9.17) is 11.6 Å². The van der Waals surface area contributed by atoms with E-state index in [9.17, 15) is 4.79 Å². The molecule has 0 bridgehead atoms. The number of carbonyl (C=O) groups is 1. The third-order valence-corrected chi connectivity index (χ3v) is 5.36. The van der Waals surface area contributed by atoms with Crippen LogP contribution in [0.4, 0.5) is 0 Å². The summed E-state index contributed by atoms with van der Waals surface area (Å²) in [6, 6.07) is 6.20. The maximum Gasteiger partial charge on any atom is 0.255 e. The van der Waals surface area contributed by atoms with Gasteiger partial charge in [-0.3, -0.25) is 4.79 Å². The Morgan fingerprint density at radius 2 is 2.05 bits per heavy atom. The van der Waals surface area contributed by atoms with E-state index in [2.05, 4.69) is 38.5 Å². The summed E-state index contributed by atoms with van der Waals surface area (Å²) < 4.78 is 1.93. The first-order valence-electron chi connectivity index (χ1n) is 6.95. The number of amides is 1. The maximum atomic E-state index is 12.8. The molecule has 20 heavy (non-hydrogen) atoms. The second-order valence-electron chi connectivity index (χ2n) is 5.10. The summed E-state index contributed by atoms with van der Waals surface area (Å²) in [4.78, 5) is 14.8. The highest BCUT2D eigenvalue weighted by Gasteiger charge is 2.26. The van der Waals surface area contributed by atoms with Crippen molar-refractivity contribution in [3.63, 3.8) is 0 Å². The van der Waals surface area contributed by atoms with Crippen LogP contribution in [-0.4, -0.2) is 29.3 Å². The summed E-state index contributed by atoms with van der Waals surface area (Å²) in [6.45, 7) is 0.633. The highest BCUT2D eigenvalue weighted by atomic mass is 127. The van der Waals surface area contributed by atoms with Crippen LogP contribution in [0.15, 0.2) is 22.7 Å². The molecule has 2 rings (SSSR count). The smallest absolute Gasteiger partial charge is 0.255 e. The molecule has 1 fully saturated rings. The minimum absolute atomic E-state index is 0.114. The van der Waals surface area contributed by atoms with Gasteiger partial charge in [0, 0.05) is 26.5 Å². The molecule has 0 heterocycles. The summed E-state index contributed by atoms with van der Waals surface area (Å²) in [5, 5.41) is 0. The Hall–Kier alpha value is 0.190. The molecule has 0 aliphatic heterocycles. The Morgan fingerprint density at radius 3 is 2.70 bits per heavy atom. The van der Waals surface area contributed by atoms with E-state index in [0.29, 0.717) is 18.5 Å². The van der Waals surface area contributed by atoms with Crippen molar-refractivity contribution >= 4 is 56.0 Å². The minimum atomic E-state index is 0.114. The number of halogens is 3. The average molecular weight is 471 g/mol. The van der Waals surface area contributed by atoms with Crippen LogP contribution in [-0.2, 0) is 0 Å². The molecule has 0 unspecified atom stereocenters. The molecule has 5 heteroatoms. The first kappa shape index (κ1) is 16.6. The van der Waals surface area contributed by atoms with E-state index in [1.54, 1.807) is 0 Å². The molecule has 110 valence electrons. The molecule has 1 saturated carbocycles. The zero-order valence-corrected chi connectivity index (χ0v) is 15.7. The zero-order chi connectivity index (χ0) is 14.5. The number of hydrogen-bond donors (Lipinski definition) is 0. The van der Waals surface area contributed by atoms with Crippen molar-refractivity contribution in [1.82, 2.24) is 4.90 Å². The molecule has 0 spiro atoms. The van der Waals surface area contributed by atoms with Crippen molar-refractivity contribution < 1.29 is 4.79 Å². The van der Waals surface area contributed by atoms with Crippen LogP contribution in [0.1, 0.15) is 42.5 Å². The Labute approximate surface area is 147 Å². The van der Waals surface area contributed by atoms with Gasteiger partial charge in [0.15, 0.2) is 0 Å². The Bertz CT molecular complexity index is 477. The van der Waals surface area contributed by atoms with Gasteiger partial charge in [-0.05, 0) is 53.6 Å². The van der Waals surface area contributed by atoms with Gasteiger partial charge < -0.3 is 4.90 Å². The molecule has 1 aliphatic rings. The fourth-order valence-electron chi connectivity index (χ4n) is 2.75. The number of nitrogens with zero attached hydrogens (tertiary/aromatic N) is 1. The summed E-state index contributed by atoms with van der Waals surface area (Å²) >= 11 is 11.6. The molecule has 1 aliphatic carbocycles. The highest BCUT2D eigenvalue weighted by Crippen LogP contribution is 2.26. The molecular weight excluding hydrogens is 452 g/mol. The molecule has 0 aromatic heterocycles. The molecular formula is C15H18BrClINO. The molecule has 0 atom stereocenters. The van der Waals surface area contributed by atoms with Gasteiger partial charge >= 0.3 is 0 Å². The molecule has 1 aromatic rings. The van der Waals surface area contributed by atoms with Gasteiger partial charge in [-0.1, -0.05) is 35.2 Å². The van der Waals surface area contributed by atoms with Crippen molar-refractivity contribution in [3.8, 4) is 0 Å². The number of alkyl halides is 1. The van der Waals surface area contributed by atoms with Crippen LogP contribution in [0.2, 0.25) is 0 Å². The fourth-order valence-corrected chi connectivity index (χ4v) is 3.86. The molecule has 1 aromatic carbocycles. The number of hydrogen-bond acceptors (Lipinski definition) is 1. The molecule has 0 saturated heterocycles. The van der Waals surface area contributed by atoms with Gasteiger partial charge in [0.25, 0.3) is 5.91 Å². The van der Waals surface area contributed by atoms with Crippen LogP contribution < -0.4 is 0 Å². The van der Waals surface area contributed by atoms with Crippen molar-refractivity contribution in [2.75, 3.05) is 12.4 Å². The van der Waals surface area contributed by atoms with Crippen molar-refractivity contribution in [3.05, 3.63) is 31.8 Å². The highest BCUT2D eigenvalue weighted by molar-refractivity contribution is 14.1. The monoisotopic (exact) mass is 469 g/mol. The Morgan fingerprint density at radius 1 is 1.35 bits per heavy atom. The SMILES string of the molecule is O=C(c1cc(Br)ccc1I)N(CCCl)C1CCCCC1. The standard InChI is InChI=1S/C15H18BrClINO/c16-11-6-7-14(18)13(10-11)15(20)19(9-8-17)12-4-2-1-3-5-12/h6-7,10,12H,1-5,8-9H2. The number of benzene rings is 1. The van der Waals surface area contributed by atoms with E-state index >= 15 is 0 Å². The van der Waals surface area contributed by atoms with E-state index in [0.717, 1.165) is 26.4 Å². The van der Waals surface area contributed by atoms with Crippen molar-refractivity contribution in [2.24, 2.45) is 0 Å². The second kappa shape index (κ2) is 7.99. The summed E-state index contributed by atoms with van der Waals surface area (Å²) in [7, 11) is 0. The minimum Gasteiger partial charge on any atom is -0.334 e. The largest absolute Gasteiger partial charge is 0.334 e. The number of rotatable bonds is 4. The lowest BCUT2D eigenvalue weighted by Crippen LogP contribution is -2.42. The van der Waals surface area contributed by atoms with Gasteiger partial charge in [-0.2, -0.15) is 0 Å². The number of carbonyl (C=O) groups excluding carboxylic acids is 1. The van der Waals surface area contributed by atoms with E-state index in [-0.39, 0.29) is 5.91 Å². The van der Waals surface area contributed by atoms with Crippen LogP contribution in [0, 0.1) is 3.57 Å². The van der Waals surface area contributed by atoms with Gasteiger partial charge in [-0.15, -0.1) is 11.6 Å². The van der Waals surface area contributed by atoms with E-state index in [1.807, 2.05) is 23.1 Å². The second-order valence-corrected chi connectivity index (χ2v) is 7.56. The fraction of sp³-hybridized carbons (Fsp3) is 0.533. The van der Waals surface area contributed by atoms with Crippen LogP contribution in [0.5, 0.6) is 0 Å². The topological polar surface area (TPSA) is 20.3 Å². The van der Waals surface area contributed by atoms with Gasteiger partial charge in [0.1, 0.15) is 0 Å². The predicted octanol–water partition coefficient (Wildman–Crippen LogP) is 5.07. The van der Waals surface area contributed by atoms with Crippen molar-refractivity contribution in [1.29, 1.82) is 0 Å². The lowest BCUT2D eigenvalue weighted by atomic mass is 9.93. The first-order valence-corrected chi connectivity index (χ1v) is 9.36. The van der Waals surface area contributed by atoms with E-state index in [1.165, 1.54) is 19.3 Å². The van der Waals surface area contributed by atoms with Crippen LogP contribution >= 0.6 is 50.1 Å². The summed E-state index contributed by atoms with van der Waals surface area (Å²) in [5.41, 5.74) is 0.774. The third-order valence-electron chi connectivity index (χ3n) is 3.76. The summed E-state index contributed by atoms with van der Waals surface area (Å²) in [5.74, 6) is 0.607. The average Bonchev–Trinajstić information content (AvgIpc) is 2.47. The maximum absolute atomic E-state index is 12.8. The van der Waals surface area contributed by atoms with Gasteiger partial charge in [0.2, 0.25) is 0 Å².